The Kier molecular flexibility index (Phi) is 4.90. The fourth-order valence-electron chi connectivity index (χ4n) is 1.54. The summed E-state index contributed by atoms with van der Waals surface area (Å²) < 4.78 is 7.41. The third-order valence-corrected chi connectivity index (χ3v) is 3.96. The summed E-state index contributed by atoms with van der Waals surface area (Å²) in [5.74, 6) is 1.23. The highest BCUT2D eigenvalue weighted by atomic mass is 79.9. The van der Waals surface area contributed by atoms with Crippen LogP contribution in [0.1, 0.15) is 18.6 Å². The van der Waals surface area contributed by atoms with Crippen molar-refractivity contribution in [1.82, 2.24) is 0 Å². The Morgan fingerprint density at radius 1 is 1.11 bits per heavy atom. The monoisotopic (exact) mass is 404 g/mol. The smallest absolute Gasteiger partial charge is 0.146 e. The van der Waals surface area contributed by atoms with Crippen LogP contribution in [0.3, 0.4) is 0 Å². The summed E-state index contributed by atoms with van der Waals surface area (Å²) in [7, 11) is 0. The number of ether oxygens (including phenoxy) is 1. The van der Waals surface area contributed by atoms with Crippen molar-refractivity contribution in [3.8, 4) is 11.5 Å². The first-order chi connectivity index (χ1) is 8.97. The zero-order valence-electron chi connectivity index (χ0n) is 10.0. The number of aliphatic hydroxyl groups is 1. The minimum Gasteiger partial charge on any atom is -0.455 e. The maximum Gasteiger partial charge on any atom is 0.146 e. The summed E-state index contributed by atoms with van der Waals surface area (Å²) in [4.78, 5) is 0. The van der Waals surface area contributed by atoms with E-state index in [1.165, 1.54) is 0 Å². The molecule has 100 valence electrons. The summed E-state index contributed by atoms with van der Waals surface area (Å²) in [6.45, 7) is 1.72. The van der Waals surface area contributed by atoms with Crippen LogP contribution in [0.15, 0.2) is 45.3 Å². The van der Waals surface area contributed by atoms with Crippen LogP contribution in [0.2, 0.25) is 5.02 Å². The van der Waals surface area contributed by atoms with Crippen molar-refractivity contribution >= 4 is 43.5 Å². The Morgan fingerprint density at radius 3 is 2.37 bits per heavy atom. The van der Waals surface area contributed by atoms with E-state index in [0.29, 0.717) is 16.5 Å². The number of hydrogen-bond donors (Lipinski definition) is 1. The van der Waals surface area contributed by atoms with E-state index in [0.717, 1.165) is 14.5 Å². The van der Waals surface area contributed by atoms with Gasteiger partial charge in [-0.3, -0.25) is 0 Å². The lowest BCUT2D eigenvalue weighted by atomic mass is 10.1. The molecule has 0 fully saturated rings. The Morgan fingerprint density at radius 2 is 1.79 bits per heavy atom. The standard InChI is InChI=1S/C14H11Br2ClO2/c1-8(18)9-2-4-13(11(16)6-9)19-14-5-3-10(15)7-12(14)17/h2-8,18H,1H3. The minimum atomic E-state index is -0.512. The molecule has 0 bridgehead atoms. The van der Waals surface area contributed by atoms with Crippen LogP contribution in [-0.2, 0) is 0 Å². The summed E-state index contributed by atoms with van der Waals surface area (Å²) in [6, 6.07) is 10.9. The maximum absolute atomic E-state index is 9.52. The van der Waals surface area contributed by atoms with E-state index < -0.39 is 6.10 Å². The molecule has 19 heavy (non-hydrogen) atoms. The second-order valence-corrected chi connectivity index (χ2v) is 6.22. The third-order valence-electron chi connectivity index (χ3n) is 2.55. The van der Waals surface area contributed by atoms with Gasteiger partial charge in [0.25, 0.3) is 0 Å². The van der Waals surface area contributed by atoms with Gasteiger partial charge in [0.15, 0.2) is 0 Å². The van der Waals surface area contributed by atoms with E-state index in [4.69, 9.17) is 16.3 Å². The molecule has 0 heterocycles. The van der Waals surface area contributed by atoms with Crippen molar-refractivity contribution in [3.05, 3.63) is 55.9 Å². The van der Waals surface area contributed by atoms with Gasteiger partial charge in [-0.25, -0.2) is 0 Å². The molecule has 1 atom stereocenters. The van der Waals surface area contributed by atoms with Crippen LogP contribution in [0.5, 0.6) is 11.5 Å². The molecule has 5 heteroatoms. The van der Waals surface area contributed by atoms with Crippen molar-refractivity contribution in [2.24, 2.45) is 0 Å². The van der Waals surface area contributed by atoms with Gasteiger partial charge >= 0.3 is 0 Å². The average Bonchev–Trinajstić information content (AvgIpc) is 2.34. The number of halogens is 3. The minimum absolute atomic E-state index is 0.512. The second-order valence-electron chi connectivity index (χ2n) is 4.04. The van der Waals surface area contributed by atoms with E-state index >= 15 is 0 Å². The molecule has 2 nitrogen and oxygen atoms in total. The molecular formula is C14H11Br2ClO2. The predicted molar refractivity (Wildman–Crippen MR) is 84.0 cm³/mol. The Bertz CT molecular complexity index is 600. The molecular weight excluding hydrogens is 395 g/mol. The largest absolute Gasteiger partial charge is 0.455 e. The van der Waals surface area contributed by atoms with Crippen LogP contribution in [0, 0.1) is 0 Å². The molecule has 1 unspecified atom stereocenters. The highest BCUT2D eigenvalue weighted by Crippen LogP contribution is 2.36. The summed E-state index contributed by atoms with van der Waals surface area (Å²) >= 11 is 12.9. The summed E-state index contributed by atoms with van der Waals surface area (Å²) in [5.41, 5.74) is 0.820. The molecule has 0 aliphatic rings. The normalized spacial score (nSPS) is 12.3. The van der Waals surface area contributed by atoms with Gasteiger partial charge in [-0.15, -0.1) is 0 Å². The van der Waals surface area contributed by atoms with E-state index in [9.17, 15) is 5.11 Å². The molecule has 1 N–H and O–H groups in total. The highest BCUT2D eigenvalue weighted by molar-refractivity contribution is 9.10. The van der Waals surface area contributed by atoms with Gasteiger partial charge in [-0.05, 0) is 58.7 Å². The fourth-order valence-corrected chi connectivity index (χ4v) is 2.73. The van der Waals surface area contributed by atoms with E-state index in [-0.39, 0.29) is 0 Å². The zero-order chi connectivity index (χ0) is 14.0. The lowest BCUT2D eigenvalue weighted by Crippen LogP contribution is -1.92. The van der Waals surface area contributed by atoms with Gasteiger partial charge in [-0.2, -0.15) is 0 Å². The SMILES string of the molecule is CC(O)c1ccc(Oc2ccc(Br)cc2Cl)c(Br)c1. The first-order valence-corrected chi connectivity index (χ1v) is 7.54. The Balaban J connectivity index is 2.28. The van der Waals surface area contributed by atoms with Gasteiger partial charge < -0.3 is 9.84 Å². The molecule has 2 rings (SSSR count). The van der Waals surface area contributed by atoms with Crippen molar-refractivity contribution in [2.45, 2.75) is 13.0 Å². The van der Waals surface area contributed by atoms with E-state index in [1.807, 2.05) is 18.2 Å². The molecule has 0 saturated carbocycles. The first-order valence-electron chi connectivity index (χ1n) is 5.58. The average molecular weight is 407 g/mol. The number of rotatable bonds is 3. The molecule has 0 aliphatic heterocycles. The van der Waals surface area contributed by atoms with Crippen molar-refractivity contribution in [1.29, 1.82) is 0 Å². The van der Waals surface area contributed by atoms with Gasteiger partial charge in [0, 0.05) is 4.47 Å². The van der Waals surface area contributed by atoms with E-state index in [2.05, 4.69) is 31.9 Å². The molecule has 0 amide bonds. The summed E-state index contributed by atoms with van der Waals surface area (Å²) in [5, 5.41) is 10.0. The van der Waals surface area contributed by atoms with Crippen LogP contribution in [0.4, 0.5) is 0 Å². The van der Waals surface area contributed by atoms with Gasteiger partial charge in [0.1, 0.15) is 11.5 Å². The molecule has 0 aromatic heterocycles. The topological polar surface area (TPSA) is 29.5 Å². The second kappa shape index (κ2) is 6.27. The lowest BCUT2D eigenvalue weighted by molar-refractivity contribution is 0.199. The number of aliphatic hydroxyl groups excluding tert-OH is 1. The molecule has 0 aliphatic carbocycles. The van der Waals surface area contributed by atoms with Crippen molar-refractivity contribution in [3.63, 3.8) is 0 Å². The Labute approximate surface area is 133 Å². The quantitative estimate of drug-likeness (QED) is 0.707. The first kappa shape index (κ1) is 14.9. The van der Waals surface area contributed by atoms with Crippen molar-refractivity contribution < 1.29 is 9.84 Å². The number of hydrogen-bond acceptors (Lipinski definition) is 2. The highest BCUT2D eigenvalue weighted by Gasteiger charge is 2.09. The van der Waals surface area contributed by atoms with Crippen LogP contribution < -0.4 is 4.74 Å². The van der Waals surface area contributed by atoms with Crippen molar-refractivity contribution in [2.75, 3.05) is 0 Å². The molecule has 0 saturated heterocycles. The van der Waals surface area contributed by atoms with E-state index in [1.54, 1.807) is 25.1 Å². The van der Waals surface area contributed by atoms with Crippen LogP contribution >= 0.6 is 43.5 Å². The maximum atomic E-state index is 9.52. The van der Waals surface area contributed by atoms with Crippen LogP contribution in [0.25, 0.3) is 0 Å². The summed E-state index contributed by atoms with van der Waals surface area (Å²) in [6.07, 6.45) is -0.512. The lowest BCUT2D eigenvalue weighted by Gasteiger charge is -2.12. The molecule has 0 spiro atoms. The number of benzene rings is 2. The molecule has 2 aromatic rings. The van der Waals surface area contributed by atoms with Gasteiger partial charge in [-0.1, -0.05) is 33.6 Å². The van der Waals surface area contributed by atoms with Crippen LogP contribution in [-0.4, -0.2) is 5.11 Å². The molecule has 2 aromatic carbocycles. The van der Waals surface area contributed by atoms with Gasteiger partial charge in [0.2, 0.25) is 0 Å². The Hall–Kier alpha value is -0.550. The fraction of sp³-hybridized carbons (Fsp3) is 0.143. The predicted octanol–water partition coefficient (Wildman–Crippen LogP) is 5.71. The zero-order valence-corrected chi connectivity index (χ0v) is 14.0. The van der Waals surface area contributed by atoms with Gasteiger partial charge in [0.05, 0.1) is 15.6 Å². The molecule has 0 radical (unpaired) electrons. The third kappa shape index (κ3) is 3.72.